The summed E-state index contributed by atoms with van der Waals surface area (Å²) in [5.41, 5.74) is 2.38. The Bertz CT molecular complexity index is 1280. The summed E-state index contributed by atoms with van der Waals surface area (Å²) in [5, 5.41) is 23.9. The Kier molecular flexibility index (Phi) is 11.1. The Morgan fingerprint density at radius 1 is 0.750 bits per heavy atom. The lowest BCUT2D eigenvalue weighted by atomic mass is 10.1. The van der Waals surface area contributed by atoms with Gasteiger partial charge in [-0.2, -0.15) is 5.26 Å². The molecule has 3 rings (SSSR count). The van der Waals surface area contributed by atoms with E-state index >= 15 is 0 Å². The lowest BCUT2D eigenvalue weighted by Gasteiger charge is -2.24. The molecule has 0 aliphatic rings. The lowest BCUT2D eigenvalue weighted by molar-refractivity contribution is 0.0275. The molecule has 0 saturated heterocycles. The van der Waals surface area contributed by atoms with Gasteiger partial charge in [-0.3, -0.25) is 0 Å². The van der Waals surface area contributed by atoms with Gasteiger partial charge in [0.15, 0.2) is 6.33 Å². The SMILES string of the molecule is CN(Cc1ccc(-c2nncnn2)cc1)C(=O)OC(C)(C)C.CN(Cc1ccc(C#N)cc1)C(=O)OC(C)(C)C. The van der Waals surface area contributed by atoms with Crippen molar-refractivity contribution < 1.29 is 19.1 Å². The maximum atomic E-state index is 11.9. The Balaban J connectivity index is 0.000000286. The molecule has 212 valence electrons. The second-order valence-corrected chi connectivity index (χ2v) is 11.0. The summed E-state index contributed by atoms with van der Waals surface area (Å²) in [4.78, 5) is 26.7. The molecule has 2 aromatic carbocycles. The zero-order valence-corrected chi connectivity index (χ0v) is 24.4. The van der Waals surface area contributed by atoms with Gasteiger partial charge in [-0.05, 0) is 64.8 Å². The predicted molar refractivity (Wildman–Crippen MR) is 150 cm³/mol. The summed E-state index contributed by atoms with van der Waals surface area (Å²) in [6.07, 6.45) is 0.580. The van der Waals surface area contributed by atoms with Crippen LogP contribution in [0.4, 0.5) is 9.59 Å². The van der Waals surface area contributed by atoms with Crippen molar-refractivity contribution in [1.29, 1.82) is 5.26 Å². The molecule has 0 aliphatic heterocycles. The maximum Gasteiger partial charge on any atom is 0.410 e. The number of nitriles is 1. The van der Waals surface area contributed by atoms with E-state index in [1.165, 1.54) is 16.1 Å². The molecule has 0 aliphatic carbocycles. The average molecular weight is 548 g/mol. The van der Waals surface area contributed by atoms with E-state index in [1.54, 1.807) is 26.2 Å². The topological polar surface area (TPSA) is 134 Å². The number of ether oxygens (including phenoxy) is 2. The third-order valence-corrected chi connectivity index (χ3v) is 4.95. The molecule has 0 bridgehead atoms. The summed E-state index contributed by atoms with van der Waals surface area (Å²) in [5.74, 6) is 0.467. The summed E-state index contributed by atoms with van der Waals surface area (Å²) >= 11 is 0. The van der Waals surface area contributed by atoms with Crippen molar-refractivity contribution >= 4 is 12.2 Å². The minimum Gasteiger partial charge on any atom is -0.444 e. The van der Waals surface area contributed by atoms with Gasteiger partial charge >= 0.3 is 12.2 Å². The van der Waals surface area contributed by atoms with Crippen LogP contribution in [-0.4, -0.2) is 67.7 Å². The molecule has 0 radical (unpaired) electrons. The number of amides is 2. The Labute approximate surface area is 235 Å². The fraction of sp³-hybridized carbons (Fsp3) is 0.414. The van der Waals surface area contributed by atoms with E-state index in [-0.39, 0.29) is 12.2 Å². The van der Waals surface area contributed by atoms with Crippen molar-refractivity contribution in [3.05, 3.63) is 71.5 Å². The summed E-state index contributed by atoms with van der Waals surface area (Å²) < 4.78 is 10.6. The van der Waals surface area contributed by atoms with Crippen molar-refractivity contribution in [3.8, 4) is 17.5 Å². The van der Waals surface area contributed by atoms with E-state index in [2.05, 4.69) is 26.5 Å². The van der Waals surface area contributed by atoms with Gasteiger partial charge in [-0.25, -0.2) is 9.59 Å². The molecule has 11 heteroatoms. The summed E-state index contributed by atoms with van der Waals surface area (Å²) in [7, 11) is 3.39. The largest absolute Gasteiger partial charge is 0.444 e. The standard InChI is InChI=1S/C15H19N5O2.C14H18N2O2/c1-15(2,3)22-14(21)20(4)9-11-5-7-12(8-6-11)13-18-16-10-17-19-13;1-14(2,3)18-13(17)16(4)10-12-7-5-11(9-15)6-8-12/h5-8,10H,9H2,1-4H3;5-8H,10H2,1-4H3. The van der Waals surface area contributed by atoms with Crippen LogP contribution in [0.5, 0.6) is 0 Å². The smallest absolute Gasteiger partial charge is 0.410 e. The van der Waals surface area contributed by atoms with Crippen LogP contribution in [0.25, 0.3) is 11.4 Å². The highest BCUT2D eigenvalue weighted by atomic mass is 16.6. The molecule has 0 unspecified atom stereocenters. The molecule has 0 atom stereocenters. The number of nitrogens with zero attached hydrogens (tertiary/aromatic N) is 7. The van der Waals surface area contributed by atoms with Crippen LogP contribution in [0.1, 0.15) is 58.2 Å². The van der Waals surface area contributed by atoms with Gasteiger partial charge in [0.1, 0.15) is 11.2 Å². The molecule has 0 spiro atoms. The summed E-state index contributed by atoms with van der Waals surface area (Å²) in [6.45, 7) is 11.9. The third kappa shape index (κ3) is 11.4. The van der Waals surface area contributed by atoms with Crippen LogP contribution in [0.3, 0.4) is 0 Å². The van der Waals surface area contributed by atoms with Gasteiger partial charge in [0, 0.05) is 32.7 Å². The highest BCUT2D eigenvalue weighted by molar-refractivity contribution is 5.68. The Morgan fingerprint density at radius 2 is 1.15 bits per heavy atom. The number of carbonyl (C=O) groups excluding carboxylic acids is 2. The van der Waals surface area contributed by atoms with Crippen molar-refractivity contribution in [3.63, 3.8) is 0 Å². The zero-order chi connectivity index (χ0) is 29.9. The van der Waals surface area contributed by atoms with Gasteiger partial charge in [0.05, 0.1) is 11.6 Å². The first-order chi connectivity index (χ1) is 18.7. The molecule has 3 aromatic rings. The molecule has 0 saturated carbocycles. The molecule has 2 amide bonds. The van der Waals surface area contributed by atoms with Crippen LogP contribution >= 0.6 is 0 Å². The van der Waals surface area contributed by atoms with Crippen LogP contribution in [0.15, 0.2) is 54.9 Å². The minimum atomic E-state index is -0.500. The number of aromatic nitrogens is 4. The predicted octanol–water partition coefficient (Wildman–Crippen LogP) is 5.23. The van der Waals surface area contributed by atoms with Crippen LogP contribution in [0.2, 0.25) is 0 Å². The lowest BCUT2D eigenvalue weighted by Crippen LogP contribution is -2.33. The van der Waals surface area contributed by atoms with Crippen LogP contribution in [-0.2, 0) is 22.6 Å². The molecule has 40 heavy (non-hydrogen) atoms. The molecule has 1 heterocycles. The Hall–Kier alpha value is -4.59. The van der Waals surface area contributed by atoms with E-state index in [9.17, 15) is 9.59 Å². The van der Waals surface area contributed by atoms with Gasteiger partial charge in [0.25, 0.3) is 0 Å². The normalized spacial score (nSPS) is 10.9. The average Bonchev–Trinajstić information content (AvgIpc) is 2.88. The van der Waals surface area contributed by atoms with Gasteiger partial charge < -0.3 is 19.3 Å². The number of carbonyl (C=O) groups is 2. The fourth-order valence-electron chi connectivity index (χ4n) is 3.12. The quantitative estimate of drug-likeness (QED) is 0.421. The van der Waals surface area contributed by atoms with Crippen LogP contribution in [0, 0.1) is 11.3 Å². The first kappa shape index (κ1) is 31.6. The Morgan fingerprint density at radius 3 is 1.52 bits per heavy atom. The minimum absolute atomic E-state index is 0.351. The monoisotopic (exact) mass is 547 g/mol. The third-order valence-electron chi connectivity index (χ3n) is 4.95. The van der Waals surface area contributed by atoms with Crippen LogP contribution < -0.4 is 0 Å². The van der Waals surface area contributed by atoms with Gasteiger partial charge in [-0.1, -0.05) is 36.4 Å². The first-order valence-corrected chi connectivity index (χ1v) is 12.6. The van der Waals surface area contributed by atoms with E-state index in [0.717, 1.165) is 16.7 Å². The number of hydrogen-bond acceptors (Lipinski definition) is 9. The highest BCUT2D eigenvalue weighted by Gasteiger charge is 2.20. The zero-order valence-electron chi connectivity index (χ0n) is 24.4. The van der Waals surface area contributed by atoms with Gasteiger partial charge in [0.2, 0.25) is 5.82 Å². The van der Waals surface area contributed by atoms with Crippen molar-refractivity contribution in [1.82, 2.24) is 30.2 Å². The van der Waals surface area contributed by atoms with E-state index < -0.39 is 11.2 Å². The molecular formula is C29H37N7O4. The molecule has 11 nitrogen and oxygen atoms in total. The van der Waals surface area contributed by atoms with E-state index in [4.69, 9.17) is 14.7 Å². The van der Waals surface area contributed by atoms with Gasteiger partial charge in [-0.15, -0.1) is 20.4 Å². The van der Waals surface area contributed by atoms with Crippen molar-refractivity contribution in [2.75, 3.05) is 14.1 Å². The highest BCUT2D eigenvalue weighted by Crippen LogP contribution is 2.16. The molecule has 0 fully saturated rings. The maximum absolute atomic E-state index is 11.9. The first-order valence-electron chi connectivity index (χ1n) is 12.6. The second kappa shape index (κ2) is 14.0. The molecule has 0 N–H and O–H groups in total. The number of rotatable bonds is 5. The summed E-state index contributed by atoms with van der Waals surface area (Å²) in [6, 6.07) is 16.8. The fourth-order valence-corrected chi connectivity index (χ4v) is 3.12. The number of benzene rings is 2. The van der Waals surface area contributed by atoms with E-state index in [0.29, 0.717) is 24.5 Å². The van der Waals surface area contributed by atoms with Crippen molar-refractivity contribution in [2.24, 2.45) is 0 Å². The second-order valence-electron chi connectivity index (χ2n) is 11.0. The molecular weight excluding hydrogens is 510 g/mol. The number of hydrogen-bond donors (Lipinski definition) is 0. The van der Waals surface area contributed by atoms with E-state index in [1.807, 2.05) is 77.9 Å². The van der Waals surface area contributed by atoms with Crippen molar-refractivity contribution in [2.45, 2.75) is 65.8 Å². The molecule has 1 aromatic heterocycles.